The van der Waals surface area contributed by atoms with Gasteiger partial charge >= 0.3 is 5.97 Å². The van der Waals surface area contributed by atoms with Gasteiger partial charge in [0.25, 0.3) is 0 Å². The summed E-state index contributed by atoms with van der Waals surface area (Å²) in [6.45, 7) is 1.85. The first kappa shape index (κ1) is 7.50. The first-order valence-corrected chi connectivity index (χ1v) is 3.28. The molecule has 0 aromatic carbocycles. The predicted octanol–water partition coefficient (Wildman–Crippen LogP) is -0.818. The van der Waals surface area contributed by atoms with Gasteiger partial charge in [0, 0.05) is 6.04 Å². The van der Waals surface area contributed by atoms with Crippen molar-refractivity contribution in [3.05, 3.63) is 0 Å². The number of carbonyl (C=O) groups is 1. The lowest BCUT2D eigenvalue weighted by Gasteiger charge is -2.07. The number of carboxylic acid groups (broad SMARTS) is 1. The minimum Gasteiger partial charge on any atom is -0.480 e. The molecule has 1 aliphatic rings. The Kier molecular flexibility index (Phi) is 1.92. The molecule has 1 saturated heterocycles. The first-order chi connectivity index (χ1) is 4.61. The molecule has 0 aromatic heterocycles. The van der Waals surface area contributed by atoms with E-state index in [1.807, 2.05) is 6.92 Å². The molecule has 3 atom stereocenters. The maximum Gasteiger partial charge on any atom is 0.323 e. The van der Waals surface area contributed by atoms with E-state index in [0.29, 0.717) is 6.42 Å². The second-order valence-electron chi connectivity index (χ2n) is 2.69. The fourth-order valence-corrected chi connectivity index (χ4v) is 1.22. The zero-order valence-corrected chi connectivity index (χ0v) is 5.74. The van der Waals surface area contributed by atoms with Gasteiger partial charge in [-0.3, -0.25) is 10.1 Å². The zero-order chi connectivity index (χ0) is 7.72. The van der Waals surface area contributed by atoms with E-state index in [0.717, 1.165) is 0 Å². The van der Waals surface area contributed by atoms with Crippen LogP contribution < -0.4 is 5.32 Å². The number of rotatable bonds is 1. The Morgan fingerprint density at radius 2 is 2.30 bits per heavy atom. The average molecular weight is 145 g/mol. The Hall–Kier alpha value is -0.610. The van der Waals surface area contributed by atoms with E-state index in [1.54, 1.807) is 0 Å². The number of aliphatic hydroxyl groups excluding tert-OH is 1. The summed E-state index contributed by atoms with van der Waals surface area (Å²) >= 11 is 0. The fourth-order valence-electron chi connectivity index (χ4n) is 1.22. The van der Waals surface area contributed by atoms with E-state index in [2.05, 4.69) is 5.32 Å². The molecule has 0 bridgehead atoms. The van der Waals surface area contributed by atoms with Gasteiger partial charge in [0.1, 0.15) is 6.04 Å². The molecule has 58 valence electrons. The number of aliphatic hydroxyl groups is 1. The van der Waals surface area contributed by atoms with Crippen LogP contribution in [0.15, 0.2) is 0 Å². The van der Waals surface area contributed by atoms with E-state index in [4.69, 9.17) is 10.2 Å². The molecule has 3 N–H and O–H groups in total. The van der Waals surface area contributed by atoms with Gasteiger partial charge in [0.05, 0.1) is 6.10 Å². The monoisotopic (exact) mass is 145 g/mol. The van der Waals surface area contributed by atoms with E-state index in [1.165, 1.54) is 0 Å². The summed E-state index contributed by atoms with van der Waals surface area (Å²) in [7, 11) is 0. The highest BCUT2D eigenvalue weighted by atomic mass is 16.4. The molecule has 0 spiro atoms. The number of hydrogen-bond donors (Lipinski definition) is 3. The summed E-state index contributed by atoms with van der Waals surface area (Å²) in [4.78, 5) is 10.3. The Balaban J connectivity index is 2.54. The van der Waals surface area contributed by atoms with Crippen molar-refractivity contribution in [3.8, 4) is 0 Å². The van der Waals surface area contributed by atoms with Crippen molar-refractivity contribution in [2.45, 2.75) is 31.5 Å². The van der Waals surface area contributed by atoms with Crippen LogP contribution >= 0.6 is 0 Å². The van der Waals surface area contributed by atoms with Crippen LogP contribution in [-0.4, -0.2) is 34.4 Å². The van der Waals surface area contributed by atoms with Crippen LogP contribution in [0.4, 0.5) is 0 Å². The van der Waals surface area contributed by atoms with E-state index < -0.39 is 18.1 Å². The summed E-state index contributed by atoms with van der Waals surface area (Å²) in [6.07, 6.45) is -0.204. The third-order valence-electron chi connectivity index (χ3n) is 1.71. The second kappa shape index (κ2) is 2.56. The third-order valence-corrected chi connectivity index (χ3v) is 1.71. The van der Waals surface area contributed by atoms with Gasteiger partial charge in [0.2, 0.25) is 0 Å². The number of aliphatic carboxylic acids is 1. The lowest BCUT2D eigenvalue weighted by molar-refractivity contribution is -0.141. The quantitative estimate of drug-likeness (QED) is 0.451. The Morgan fingerprint density at radius 3 is 2.50 bits per heavy atom. The van der Waals surface area contributed by atoms with Crippen molar-refractivity contribution < 1.29 is 15.0 Å². The summed E-state index contributed by atoms with van der Waals surface area (Å²) in [6, 6.07) is -0.661. The Bertz CT molecular complexity index is 148. The number of hydrogen-bond acceptors (Lipinski definition) is 3. The number of carboxylic acids is 1. The largest absolute Gasteiger partial charge is 0.480 e. The van der Waals surface area contributed by atoms with Crippen LogP contribution in [0.1, 0.15) is 13.3 Å². The van der Waals surface area contributed by atoms with E-state index >= 15 is 0 Å². The molecular formula is C6H11NO3. The van der Waals surface area contributed by atoms with Gasteiger partial charge in [-0.05, 0) is 13.3 Å². The van der Waals surface area contributed by atoms with Crippen molar-refractivity contribution in [1.29, 1.82) is 0 Å². The van der Waals surface area contributed by atoms with Crippen molar-refractivity contribution in [1.82, 2.24) is 5.32 Å². The number of nitrogens with one attached hydrogen (secondary N) is 1. The van der Waals surface area contributed by atoms with E-state index in [9.17, 15) is 4.79 Å². The molecular weight excluding hydrogens is 134 g/mol. The highest BCUT2D eigenvalue weighted by molar-refractivity contribution is 5.74. The molecule has 4 nitrogen and oxygen atoms in total. The molecule has 0 saturated carbocycles. The molecule has 4 heteroatoms. The summed E-state index contributed by atoms with van der Waals surface area (Å²) in [5, 5.41) is 20.3. The SMILES string of the molecule is C[C@@H]1C[C@@H](O)[C@H](C(=O)O)N1. The second-order valence-corrected chi connectivity index (χ2v) is 2.69. The maximum absolute atomic E-state index is 10.3. The van der Waals surface area contributed by atoms with Crippen molar-refractivity contribution in [3.63, 3.8) is 0 Å². The van der Waals surface area contributed by atoms with Gasteiger partial charge in [-0.15, -0.1) is 0 Å². The van der Waals surface area contributed by atoms with Gasteiger partial charge in [-0.25, -0.2) is 0 Å². The molecule has 10 heavy (non-hydrogen) atoms. The molecule has 0 unspecified atom stereocenters. The normalized spacial score (nSPS) is 40.0. The maximum atomic E-state index is 10.3. The van der Waals surface area contributed by atoms with E-state index in [-0.39, 0.29) is 6.04 Å². The molecule has 0 amide bonds. The Labute approximate surface area is 58.9 Å². The molecule has 1 rings (SSSR count). The van der Waals surface area contributed by atoms with Crippen LogP contribution in [0.5, 0.6) is 0 Å². The van der Waals surface area contributed by atoms with Crippen molar-refractivity contribution in [2.75, 3.05) is 0 Å². The zero-order valence-electron chi connectivity index (χ0n) is 5.74. The first-order valence-electron chi connectivity index (χ1n) is 3.28. The molecule has 0 radical (unpaired) electrons. The summed E-state index contributed by atoms with van der Waals surface area (Å²) in [5.74, 6) is -0.975. The van der Waals surface area contributed by atoms with Gasteiger partial charge < -0.3 is 10.2 Å². The molecule has 1 fully saturated rings. The fraction of sp³-hybridized carbons (Fsp3) is 0.833. The average Bonchev–Trinajstić information content (AvgIpc) is 2.10. The standard InChI is InChI=1S/C6H11NO3/c1-3-2-4(8)5(7-3)6(9)10/h3-5,7-8H,2H2,1H3,(H,9,10)/t3-,4-,5-/m1/s1. The van der Waals surface area contributed by atoms with Crippen molar-refractivity contribution >= 4 is 5.97 Å². The lowest BCUT2D eigenvalue weighted by atomic mass is 10.1. The van der Waals surface area contributed by atoms with Crippen LogP contribution in [0.2, 0.25) is 0 Å². The Morgan fingerprint density at radius 1 is 1.70 bits per heavy atom. The highest BCUT2D eigenvalue weighted by Crippen LogP contribution is 2.12. The van der Waals surface area contributed by atoms with Crippen LogP contribution in [0, 0.1) is 0 Å². The molecule has 0 aliphatic carbocycles. The van der Waals surface area contributed by atoms with Crippen LogP contribution in [0.25, 0.3) is 0 Å². The predicted molar refractivity (Wildman–Crippen MR) is 34.6 cm³/mol. The summed E-state index contributed by atoms with van der Waals surface area (Å²) in [5.41, 5.74) is 0. The van der Waals surface area contributed by atoms with Crippen LogP contribution in [0.3, 0.4) is 0 Å². The smallest absolute Gasteiger partial charge is 0.323 e. The highest BCUT2D eigenvalue weighted by Gasteiger charge is 2.34. The van der Waals surface area contributed by atoms with Gasteiger partial charge in [-0.2, -0.15) is 0 Å². The van der Waals surface area contributed by atoms with Crippen LogP contribution in [-0.2, 0) is 4.79 Å². The topological polar surface area (TPSA) is 69.6 Å². The lowest BCUT2D eigenvalue weighted by Crippen LogP contribution is -2.39. The molecule has 1 aliphatic heterocycles. The van der Waals surface area contributed by atoms with Crippen molar-refractivity contribution in [2.24, 2.45) is 0 Å². The molecule has 0 aromatic rings. The molecule has 1 heterocycles. The van der Waals surface area contributed by atoms with Gasteiger partial charge in [-0.1, -0.05) is 0 Å². The third kappa shape index (κ3) is 1.27. The summed E-state index contributed by atoms with van der Waals surface area (Å²) < 4.78 is 0. The minimum absolute atomic E-state index is 0.107. The minimum atomic E-state index is -0.975. The van der Waals surface area contributed by atoms with Gasteiger partial charge in [0.15, 0.2) is 0 Å².